The molecule has 5 heteroatoms. The Labute approximate surface area is 132 Å². The van der Waals surface area contributed by atoms with Gasteiger partial charge in [-0.05, 0) is 43.9 Å². The summed E-state index contributed by atoms with van der Waals surface area (Å²) in [5, 5.41) is 0. The number of nitrogens with zero attached hydrogens (tertiary/aromatic N) is 1. The summed E-state index contributed by atoms with van der Waals surface area (Å²) in [6, 6.07) is 6.69. The molecule has 0 aromatic heterocycles. The number of hydrogen-bond donors (Lipinski definition) is 0. The fraction of sp³-hybridized carbons (Fsp3) is 0.471. The van der Waals surface area contributed by atoms with Crippen LogP contribution in [0.15, 0.2) is 41.3 Å². The van der Waals surface area contributed by atoms with Gasteiger partial charge in [0.05, 0.1) is 10.9 Å². The van der Waals surface area contributed by atoms with Crippen molar-refractivity contribution in [3.05, 3.63) is 42.0 Å². The highest BCUT2D eigenvalue weighted by Gasteiger charge is 2.25. The van der Waals surface area contributed by atoms with Crippen molar-refractivity contribution >= 4 is 15.7 Å². The molecule has 0 spiro atoms. The second-order valence-electron chi connectivity index (χ2n) is 5.95. The zero-order valence-electron chi connectivity index (χ0n) is 13.3. The van der Waals surface area contributed by atoms with Gasteiger partial charge >= 0.3 is 0 Å². The van der Waals surface area contributed by atoms with E-state index in [0.29, 0.717) is 4.90 Å². The first-order valence-electron chi connectivity index (χ1n) is 7.52. The number of rotatable bonds is 4. The van der Waals surface area contributed by atoms with Crippen molar-refractivity contribution in [1.82, 2.24) is 4.90 Å². The van der Waals surface area contributed by atoms with E-state index in [1.54, 1.807) is 29.2 Å². The molecule has 22 heavy (non-hydrogen) atoms. The summed E-state index contributed by atoms with van der Waals surface area (Å²) in [4.78, 5) is 14.6. The summed E-state index contributed by atoms with van der Waals surface area (Å²) in [7, 11) is -1.37. The molecule has 1 aliphatic carbocycles. The van der Waals surface area contributed by atoms with Gasteiger partial charge in [-0.15, -0.1) is 0 Å². The molecule has 1 amide bonds. The van der Waals surface area contributed by atoms with E-state index < -0.39 is 9.84 Å². The number of carbonyl (C=O) groups is 1. The molecule has 0 N–H and O–H groups in total. The zero-order valence-corrected chi connectivity index (χ0v) is 14.1. The van der Waals surface area contributed by atoms with Crippen LogP contribution in [0.3, 0.4) is 0 Å². The Balaban J connectivity index is 2.11. The van der Waals surface area contributed by atoms with E-state index in [2.05, 4.69) is 12.2 Å². The summed E-state index contributed by atoms with van der Waals surface area (Å²) in [6.07, 6.45) is 8.06. The number of carbonyl (C=O) groups excluding carboxylic acids is 1. The number of benzene rings is 1. The van der Waals surface area contributed by atoms with Gasteiger partial charge in [0.1, 0.15) is 0 Å². The third-order valence-electron chi connectivity index (χ3n) is 4.34. The van der Waals surface area contributed by atoms with Crippen molar-refractivity contribution in [3.8, 4) is 0 Å². The lowest BCUT2D eigenvalue weighted by Crippen LogP contribution is -2.35. The normalized spacial score (nSPS) is 19.7. The third kappa shape index (κ3) is 3.77. The topological polar surface area (TPSA) is 54.5 Å². The highest BCUT2D eigenvalue weighted by atomic mass is 32.2. The maximum absolute atomic E-state index is 12.5. The lowest BCUT2D eigenvalue weighted by molar-refractivity contribution is -0.136. The second-order valence-corrected chi connectivity index (χ2v) is 7.96. The Morgan fingerprint density at radius 2 is 1.86 bits per heavy atom. The number of amides is 1. The van der Waals surface area contributed by atoms with Gasteiger partial charge in [-0.1, -0.05) is 24.3 Å². The van der Waals surface area contributed by atoms with E-state index in [0.717, 1.165) is 24.8 Å². The molecule has 0 saturated carbocycles. The molecule has 120 valence electrons. The lowest BCUT2D eigenvalue weighted by Gasteiger charge is -2.30. The highest BCUT2D eigenvalue weighted by molar-refractivity contribution is 7.90. The Hall–Kier alpha value is -1.62. The predicted octanol–water partition coefficient (Wildman–Crippen LogP) is 2.97. The molecule has 0 heterocycles. The fourth-order valence-electron chi connectivity index (χ4n) is 2.71. The van der Waals surface area contributed by atoms with Crippen LogP contribution in [0.5, 0.6) is 0 Å². The van der Waals surface area contributed by atoms with Crippen LogP contribution in [0.4, 0.5) is 0 Å². The van der Waals surface area contributed by atoms with Crippen LogP contribution in [0, 0.1) is 5.92 Å². The second kappa shape index (κ2) is 6.65. The van der Waals surface area contributed by atoms with Crippen molar-refractivity contribution in [2.24, 2.45) is 5.92 Å². The molecule has 1 aliphatic rings. The smallest absolute Gasteiger partial charge is 0.226 e. The molecule has 0 saturated heterocycles. The van der Waals surface area contributed by atoms with E-state index >= 15 is 0 Å². The molecule has 0 bridgehead atoms. The average Bonchev–Trinajstić information content (AvgIpc) is 2.53. The van der Waals surface area contributed by atoms with Crippen LogP contribution in [0.2, 0.25) is 0 Å². The SMILES string of the molecule is CC(c1ccc(S(C)(=O)=O)cc1)N(C)C(=O)C1CC=CCC1. The van der Waals surface area contributed by atoms with E-state index in [4.69, 9.17) is 0 Å². The molecular formula is C17H23NO3S. The third-order valence-corrected chi connectivity index (χ3v) is 5.47. The first-order chi connectivity index (χ1) is 10.3. The summed E-state index contributed by atoms with van der Waals surface area (Å²) >= 11 is 0. The molecule has 4 nitrogen and oxygen atoms in total. The Bertz CT molecular complexity index is 662. The van der Waals surface area contributed by atoms with Crippen LogP contribution in [-0.2, 0) is 14.6 Å². The van der Waals surface area contributed by atoms with E-state index in [-0.39, 0.29) is 17.9 Å². The summed E-state index contributed by atoms with van der Waals surface area (Å²) < 4.78 is 23.0. The van der Waals surface area contributed by atoms with Crippen LogP contribution in [0.25, 0.3) is 0 Å². The van der Waals surface area contributed by atoms with Crippen molar-refractivity contribution in [1.29, 1.82) is 0 Å². The fourth-order valence-corrected chi connectivity index (χ4v) is 3.34. The van der Waals surface area contributed by atoms with E-state index in [1.165, 1.54) is 6.26 Å². The van der Waals surface area contributed by atoms with E-state index in [1.807, 2.05) is 14.0 Å². The largest absolute Gasteiger partial charge is 0.339 e. The van der Waals surface area contributed by atoms with Crippen LogP contribution < -0.4 is 0 Å². The predicted molar refractivity (Wildman–Crippen MR) is 87.2 cm³/mol. The lowest BCUT2D eigenvalue weighted by atomic mass is 9.92. The molecule has 2 rings (SSSR count). The first kappa shape index (κ1) is 16.7. The van der Waals surface area contributed by atoms with Gasteiger partial charge in [0.15, 0.2) is 9.84 Å². The van der Waals surface area contributed by atoms with Gasteiger partial charge in [0, 0.05) is 19.2 Å². The van der Waals surface area contributed by atoms with Crippen LogP contribution in [0.1, 0.15) is 37.8 Å². The van der Waals surface area contributed by atoms with Crippen molar-refractivity contribution in [2.45, 2.75) is 37.1 Å². The number of sulfone groups is 1. The van der Waals surface area contributed by atoms with Crippen LogP contribution in [-0.4, -0.2) is 32.5 Å². The monoisotopic (exact) mass is 321 g/mol. The molecule has 2 atom stereocenters. The van der Waals surface area contributed by atoms with Gasteiger partial charge in [-0.25, -0.2) is 8.42 Å². The minimum Gasteiger partial charge on any atom is -0.339 e. The van der Waals surface area contributed by atoms with E-state index in [9.17, 15) is 13.2 Å². The first-order valence-corrected chi connectivity index (χ1v) is 9.41. The summed E-state index contributed by atoms with van der Waals surface area (Å²) in [5.41, 5.74) is 0.939. The van der Waals surface area contributed by atoms with Crippen molar-refractivity contribution in [2.75, 3.05) is 13.3 Å². The van der Waals surface area contributed by atoms with Crippen LogP contribution >= 0.6 is 0 Å². The molecule has 2 unspecified atom stereocenters. The number of hydrogen-bond acceptors (Lipinski definition) is 3. The zero-order chi connectivity index (χ0) is 16.3. The van der Waals surface area contributed by atoms with Gasteiger partial charge in [0.2, 0.25) is 5.91 Å². The van der Waals surface area contributed by atoms with Gasteiger partial charge in [-0.2, -0.15) is 0 Å². The van der Waals surface area contributed by atoms with Gasteiger partial charge in [-0.3, -0.25) is 4.79 Å². The summed E-state index contributed by atoms with van der Waals surface area (Å²) in [6.45, 7) is 1.96. The minimum absolute atomic E-state index is 0.0627. The molecule has 0 fully saturated rings. The summed E-state index contributed by atoms with van der Waals surface area (Å²) in [5.74, 6) is 0.219. The Morgan fingerprint density at radius 3 is 2.36 bits per heavy atom. The van der Waals surface area contributed by atoms with Gasteiger partial charge < -0.3 is 4.90 Å². The Kier molecular flexibility index (Phi) is 5.06. The van der Waals surface area contributed by atoms with Crippen molar-refractivity contribution in [3.63, 3.8) is 0 Å². The molecule has 0 aliphatic heterocycles. The average molecular weight is 321 g/mol. The Morgan fingerprint density at radius 1 is 1.23 bits per heavy atom. The minimum atomic E-state index is -3.19. The highest BCUT2D eigenvalue weighted by Crippen LogP contribution is 2.26. The maximum atomic E-state index is 12.5. The quantitative estimate of drug-likeness (QED) is 0.801. The molecule has 1 aromatic rings. The standard InChI is InChI=1S/C17H23NO3S/c1-13(14-9-11-16(12-10-14)22(3,20)21)18(2)17(19)15-7-5-4-6-8-15/h4-5,9-13,15H,6-8H2,1-3H3. The molecule has 0 radical (unpaired) electrons. The number of allylic oxidation sites excluding steroid dienone is 2. The van der Waals surface area contributed by atoms with Crippen molar-refractivity contribution < 1.29 is 13.2 Å². The van der Waals surface area contributed by atoms with Gasteiger partial charge in [0.25, 0.3) is 0 Å². The maximum Gasteiger partial charge on any atom is 0.226 e. The molecular weight excluding hydrogens is 298 g/mol. The molecule has 1 aromatic carbocycles.